The van der Waals surface area contributed by atoms with Crippen LogP contribution in [0.15, 0.2) is 72.3 Å². The van der Waals surface area contributed by atoms with Crippen LogP contribution in [0.25, 0.3) is 5.70 Å². The highest BCUT2D eigenvalue weighted by Crippen LogP contribution is 2.41. The zero-order chi connectivity index (χ0) is 25.8. The van der Waals surface area contributed by atoms with Crippen molar-refractivity contribution in [2.24, 2.45) is 0 Å². The maximum absolute atomic E-state index is 14.3. The van der Waals surface area contributed by atoms with Gasteiger partial charge < -0.3 is 9.64 Å². The highest BCUT2D eigenvalue weighted by molar-refractivity contribution is 5.94. The molecule has 0 bridgehead atoms. The van der Waals surface area contributed by atoms with Gasteiger partial charge in [0, 0.05) is 16.9 Å². The molecule has 0 aliphatic rings. The number of hydrogen-bond acceptors (Lipinski definition) is 3. The Kier molecular flexibility index (Phi) is 7.99. The third kappa shape index (κ3) is 5.91. The predicted octanol–water partition coefficient (Wildman–Crippen LogP) is 8.31. The third-order valence-corrected chi connectivity index (χ3v) is 5.64. The van der Waals surface area contributed by atoms with Crippen molar-refractivity contribution in [1.29, 1.82) is 0 Å². The van der Waals surface area contributed by atoms with E-state index >= 15 is 0 Å². The van der Waals surface area contributed by atoms with Crippen LogP contribution in [-0.4, -0.2) is 12.6 Å². The van der Waals surface area contributed by atoms with Crippen molar-refractivity contribution >= 4 is 23.0 Å². The fourth-order valence-electron chi connectivity index (χ4n) is 3.83. The topological polar surface area (TPSA) is 29.5 Å². The Morgan fingerprint density at radius 1 is 0.943 bits per heavy atom. The summed E-state index contributed by atoms with van der Waals surface area (Å²) in [4.78, 5) is 14.2. The minimum atomic E-state index is -4.49. The van der Waals surface area contributed by atoms with E-state index in [-0.39, 0.29) is 6.61 Å². The van der Waals surface area contributed by atoms with Crippen LogP contribution in [0.5, 0.6) is 0 Å². The molecule has 0 saturated heterocycles. The molecule has 3 nitrogen and oxygen atoms in total. The van der Waals surface area contributed by atoms with Gasteiger partial charge >= 0.3 is 12.1 Å². The van der Waals surface area contributed by atoms with Crippen LogP contribution >= 0.6 is 0 Å². The molecule has 0 aromatic heterocycles. The first kappa shape index (κ1) is 26.0. The molecule has 7 heteroatoms. The first-order valence-corrected chi connectivity index (χ1v) is 11.3. The molecule has 0 aliphatic carbocycles. The SMILES string of the molecule is CCOC(=O)c1cccc(N(/C(=C(\C)CC)c2cccc(F)c2)c2ccc(C(F)(F)F)cc2C)c1. The largest absolute Gasteiger partial charge is 0.462 e. The number of halogens is 4. The summed E-state index contributed by atoms with van der Waals surface area (Å²) < 4.78 is 59.5. The average Bonchev–Trinajstić information content (AvgIpc) is 2.82. The smallest absolute Gasteiger partial charge is 0.416 e. The van der Waals surface area contributed by atoms with Gasteiger partial charge in [0.25, 0.3) is 0 Å². The van der Waals surface area contributed by atoms with Crippen molar-refractivity contribution in [2.75, 3.05) is 11.5 Å². The Hall–Kier alpha value is -3.61. The second-order valence-corrected chi connectivity index (χ2v) is 8.10. The highest BCUT2D eigenvalue weighted by Gasteiger charge is 2.31. The molecule has 3 aromatic carbocycles. The Bertz CT molecular complexity index is 1250. The number of allylic oxidation sites excluding steroid dienone is 1. The summed E-state index contributed by atoms with van der Waals surface area (Å²) in [5.41, 5.74) is 2.99. The Balaban J connectivity index is 2.32. The predicted molar refractivity (Wildman–Crippen MR) is 130 cm³/mol. The van der Waals surface area contributed by atoms with E-state index in [4.69, 9.17) is 4.74 Å². The maximum atomic E-state index is 14.3. The van der Waals surface area contributed by atoms with Crippen LogP contribution in [0.2, 0.25) is 0 Å². The molecule has 0 fully saturated rings. The molecule has 0 N–H and O–H groups in total. The number of hydrogen-bond donors (Lipinski definition) is 0. The Morgan fingerprint density at radius 3 is 2.23 bits per heavy atom. The van der Waals surface area contributed by atoms with E-state index < -0.39 is 23.5 Å². The second-order valence-electron chi connectivity index (χ2n) is 8.10. The molecular weight excluding hydrogens is 458 g/mol. The standard InChI is InChI=1S/C28H27F4NO2/c1-5-18(3)26(20-9-7-11-23(29)16-20)33(24-12-8-10-21(17-24)27(34)35-6-2)25-14-13-22(15-19(25)4)28(30,31)32/h7-17H,5-6H2,1-4H3/b26-18+. The van der Waals surface area contributed by atoms with Crippen LogP contribution < -0.4 is 4.90 Å². The average molecular weight is 486 g/mol. The zero-order valence-corrected chi connectivity index (χ0v) is 20.0. The fraction of sp³-hybridized carbons (Fsp3) is 0.250. The number of rotatable bonds is 7. The molecule has 0 heterocycles. The molecule has 184 valence electrons. The fourth-order valence-corrected chi connectivity index (χ4v) is 3.83. The van der Waals surface area contributed by atoms with E-state index in [1.165, 1.54) is 18.2 Å². The molecular formula is C28H27F4NO2. The molecule has 0 unspecified atom stereocenters. The number of anilines is 2. The van der Waals surface area contributed by atoms with Crippen molar-refractivity contribution in [3.8, 4) is 0 Å². The van der Waals surface area contributed by atoms with Crippen LogP contribution in [0.4, 0.5) is 28.9 Å². The van der Waals surface area contributed by atoms with E-state index in [9.17, 15) is 22.4 Å². The lowest BCUT2D eigenvalue weighted by atomic mass is 10.00. The molecule has 0 atom stereocenters. The second kappa shape index (κ2) is 10.8. The number of benzene rings is 3. The van der Waals surface area contributed by atoms with Gasteiger partial charge in [0.1, 0.15) is 5.82 Å². The third-order valence-electron chi connectivity index (χ3n) is 5.64. The summed E-state index contributed by atoms with van der Waals surface area (Å²) in [7, 11) is 0. The summed E-state index contributed by atoms with van der Waals surface area (Å²) in [6, 6.07) is 16.2. The molecule has 3 rings (SSSR count). The lowest BCUT2D eigenvalue weighted by Gasteiger charge is -2.32. The zero-order valence-electron chi connectivity index (χ0n) is 20.0. The molecule has 0 spiro atoms. The van der Waals surface area contributed by atoms with Gasteiger partial charge in [-0.25, -0.2) is 9.18 Å². The van der Waals surface area contributed by atoms with Gasteiger partial charge in [-0.2, -0.15) is 13.2 Å². The number of ether oxygens (including phenoxy) is 1. The first-order chi connectivity index (χ1) is 16.6. The number of alkyl halides is 3. The van der Waals surface area contributed by atoms with Gasteiger partial charge in [-0.1, -0.05) is 25.1 Å². The number of carbonyl (C=O) groups excluding carboxylic acids is 1. The van der Waals surface area contributed by atoms with Gasteiger partial charge in [-0.15, -0.1) is 0 Å². The summed E-state index contributed by atoms with van der Waals surface area (Å²) in [6.45, 7) is 7.34. The quantitative estimate of drug-likeness (QED) is 0.249. The number of esters is 1. The van der Waals surface area contributed by atoms with Gasteiger partial charge in [-0.05, 0) is 86.9 Å². The number of aryl methyl sites for hydroxylation is 1. The highest BCUT2D eigenvalue weighted by atomic mass is 19.4. The molecule has 0 amide bonds. The van der Waals surface area contributed by atoms with Gasteiger partial charge in [-0.3, -0.25) is 0 Å². The summed E-state index contributed by atoms with van der Waals surface area (Å²) >= 11 is 0. The van der Waals surface area contributed by atoms with Gasteiger partial charge in [0.2, 0.25) is 0 Å². The van der Waals surface area contributed by atoms with Crippen LogP contribution in [0.1, 0.15) is 54.2 Å². The number of nitrogens with zero attached hydrogens (tertiary/aromatic N) is 1. The lowest BCUT2D eigenvalue weighted by molar-refractivity contribution is -0.137. The van der Waals surface area contributed by atoms with Crippen molar-refractivity contribution in [2.45, 2.75) is 40.3 Å². The minimum absolute atomic E-state index is 0.203. The van der Waals surface area contributed by atoms with Crippen LogP contribution in [-0.2, 0) is 10.9 Å². The maximum Gasteiger partial charge on any atom is 0.416 e. The lowest BCUT2D eigenvalue weighted by Crippen LogP contribution is -2.19. The first-order valence-electron chi connectivity index (χ1n) is 11.3. The normalized spacial score (nSPS) is 12.2. The summed E-state index contributed by atoms with van der Waals surface area (Å²) in [5.74, 6) is -0.949. The monoisotopic (exact) mass is 485 g/mol. The van der Waals surface area contributed by atoms with E-state index in [0.717, 1.165) is 17.7 Å². The van der Waals surface area contributed by atoms with E-state index in [1.807, 2.05) is 13.8 Å². The summed E-state index contributed by atoms with van der Waals surface area (Å²) in [6.07, 6.45) is -3.88. The molecule has 0 saturated carbocycles. The van der Waals surface area contributed by atoms with Crippen LogP contribution in [0.3, 0.4) is 0 Å². The number of carbonyl (C=O) groups is 1. The molecule has 35 heavy (non-hydrogen) atoms. The summed E-state index contributed by atoms with van der Waals surface area (Å²) in [5, 5.41) is 0. The molecule has 0 radical (unpaired) electrons. The van der Waals surface area contributed by atoms with E-state index in [2.05, 4.69) is 0 Å². The molecule has 3 aromatic rings. The van der Waals surface area contributed by atoms with Gasteiger partial charge in [0.15, 0.2) is 0 Å². The van der Waals surface area contributed by atoms with Crippen molar-refractivity contribution < 1.29 is 27.1 Å². The minimum Gasteiger partial charge on any atom is -0.462 e. The van der Waals surface area contributed by atoms with E-state index in [0.29, 0.717) is 40.2 Å². The molecule has 0 aliphatic heterocycles. The van der Waals surface area contributed by atoms with Crippen molar-refractivity contribution in [1.82, 2.24) is 0 Å². The Labute approximate surface area is 202 Å². The van der Waals surface area contributed by atoms with Crippen molar-refractivity contribution in [3.63, 3.8) is 0 Å². The van der Waals surface area contributed by atoms with Crippen molar-refractivity contribution in [3.05, 3.63) is 100 Å². The van der Waals surface area contributed by atoms with Crippen LogP contribution in [0, 0.1) is 12.7 Å². The Morgan fingerprint density at radius 2 is 1.63 bits per heavy atom. The van der Waals surface area contributed by atoms with E-state index in [1.54, 1.807) is 55.1 Å². The van der Waals surface area contributed by atoms with Gasteiger partial charge in [0.05, 0.1) is 23.4 Å².